The van der Waals surface area contributed by atoms with Crippen molar-refractivity contribution in [3.05, 3.63) is 39.9 Å². The summed E-state index contributed by atoms with van der Waals surface area (Å²) >= 11 is 0. The van der Waals surface area contributed by atoms with Crippen LogP contribution in [0.2, 0.25) is 0 Å². The van der Waals surface area contributed by atoms with Gasteiger partial charge in [-0.15, -0.1) is 0 Å². The van der Waals surface area contributed by atoms with Gasteiger partial charge in [-0.05, 0) is 17.7 Å². The maximum Gasteiger partial charge on any atom is 0.323 e. The fraction of sp³-hybridized carbons (Fsp3) is 0.462. The number of nitro groups is 1. The third-order valence-corrected chi connectivity index (χ3v) is 3.84. The van der Waals surface area contributed by atoms with Crippen LogP contribution in [-0.2, 0) is 30.4 Å². The SMILES string of the molecule is CS(=O)(=O)O[C@H]1CNC(C(=O)OCc2ccc([N+](=O)[O-])cc2)C1. The molecule has 9 nitrogen and oxygen atoms in total. The zero-order valence-electron chi connectivity index (χ0n) is 12.3. The Bertz CT molecular complexity index is 687. The van der Waals surface area contributed by atoms with Crippen LogP contribution >= 0.6 is 0 Å². The molecule has 1 aliphatic heterocycles. The summed E-state index contributed by atoms with van der Waals surface area (Å²) in [7, 11) is -3.57. The molecule has 1 aliphatic rings. The highest BCUT2D eigenvalue weighted by atomic mass is 32.2. The number of rotatable bonds is 6. The molecular formula is C13H16N2O7S. The Morgan fingerprint density at radius 1 is 1.39 bits per heavy atom. The molecule has 1 aromatic rings. The fourth-order valence-corrected chi connectivity index (χ4v) is 2.81. The van der Waals surface area contributed by atoms with E-state index in [9.17, 15) is 23.3 Å². The molecule has 1 aromatic carbocycles. The third-order valence-electron chi connectivity index (χ3n) is 3.21. The van der Waals surface area contributed by atoms with Crippen LogP contribution in [-0.4, -0.2) is 44.3 Å². The van der Waals surface area contributed by atoms with Crippen molar-refractivity contribution in [2.45, 2.75) is 25.2 Å². The van der Waals surface area contributed by atoms with Gasteiger partial charge in [-0.1, -0.05) is 0 Å². The summed E-state index contributed by atoms with van der Waals surface area (Å²) < 4.78 is 32.0. The molecule has 1 fully saturated rings. The minimum absolute atomic E-state index is 0.0212. The third kappa shape index (κ3) is 5.27. The second kappa shape index (κ2) is 7.02. The van der Waals surface area contributed by atoms with Crippen molar-refractivity contribution in [3.8, 4) is 0 Å². The van der Waals surface area contributed by atoms with E-state index in [0.717, 1.165) is 6.26 Å². The smallest absolute Gasteiger partial charge is 0.323 e. The average Bonchev–Trinajstić information content (AvgIpc) is 2.91. The van der Waals surface area contributed by atoms with Crippen LogP contribution in [0, 0.1) is 10.1 Å². The van der Waals surface area contributed by atoms with E-state index in [-0.39, 0.29) is 25.3 Å². The van der Waals surface area contributed by atoms with Gasteiger partial charge in [0.1, 0.15) is 12.6 Å². The topological polar surface area (TPSA) is 125 Å². The van der Waals surface area contributed by atoms with Gasteiger partial charge < -0.3 is 10.1 Å². The predicted molar refractivity (Wildman–Crippen MR) is 79.0 cm³/mol. The number of non-ortho nitro benzene ring substituents is 1. The largest absolute Gasteiger partial charge is 0.460 e. The molecule has 1 heterocycles. The highest BCUT2D eigenvalue weighted by Crippen LogP contribution is 2.16. The summed E-state index contributed by atoms with van der Waals surface area (Å²) in [4.78, 5) is 21.9. The number of carbonyl (C=O) groups is 1. The van der Waals surface area contributed by atoms with E-state index in [1.807, 2.05) is 0 Å². The van der Waals surface area contributed by atoms with Gasteiger partial charge in [0.25, 0.3) is 15.8 Å². The molecule has 23 heavy (non-hydrogen) atoms. The average molecular weight is 344 g/mol. The molecule has 0 bridgehead atoms. The lowest BCUT2D eigenvalue weighted by Crippen LogP contribution is -2.32. The van der Waals surface area contributed by atoms with Gasteiger partial charge in [0.05, 0.1) is 17.3 Å². The summed E-state index contributed by atoms with van der Waals surface area (Å²) in [5.41, 5.74) is 0.573. The second-order valence-corrected chi connectivity index (χ2v) is 6.75. The van der Waals surface area contributed by atoms with Crippen molar-refractivity contribution in [2.24, 2.45) is 0 Å². The molecule has 0 saturated carbocycles. The predicted octanol–water partition coefficient (Wildman–Crippen LogP) is 0.345. The van der Waals surface area contributed by atoms with Gasteiger partial charge in [0.15, 0.2) is 0 Å². The summed E-state index contributed by atoms with van der Waals surface area (Å²) in [6, 6.07) is 5.02. The van der Waals surface area contributed by atoms with Gasteiger partial charge in [-0.25, -0.2) is 0 Å². The molecule has 0 spiro atoms. The first kappa shape index (κ1) is 17.3. The van der Waals surface area contributed by atoms with Gasteiger partial charge in [-0.2, -0.15) is 8.42 Å². The highest BCUT2D eigenvalue weighted by Gasteiger charge is 2.33. The summed E-state index contributed by atoms with van der Waals surface area (Å²) in [5, 5.41) is 13.4. The number of nitro benzene ring substituents is 1. The van der Waals surface area contributed by atoms with E-state index in [2.05, 4.69) is 5.32 Å². The molecular weight excluding hydrogens is 328 g/mol. The van der Waals surface area contributed by atoms with Crippen molar-refractivity contribution in [1.29, 1.82) is 0 Å². The minimum Gasteiger partial charge on any atom is -0.460 e. The first-order valence-electron chi connectivity index (χ1n) is 6.76. The maximum atomic E-state index is 11.9. The Morgan fingerprint density at radius 3 is 2.61 bits per heavy atom. The molecule has 2 rings (SSSR count). The summed E-state index contributed by atoms with van der Waals surface area (Å²) in [6.07, 6.45) is 0.557. The Hall–Kier alpha value is -2.04. The molecule has 126 valence electrons. The molecule has 1 N–H and O–H groups in total. The van der Waals surface area contributed by atoms with Crippen molar-refractivity contribution in [3.63, 3.8) is 0 Å². The van der Waals surface area contributed by atoms with Crippen molar-refractivity contribution < 1.29 is 27.1 Å². The number of benzene rings is 1. The molecule has 2 atom stereocenters. The fourth-order valence-electron chi connectivity index (χ4n) is 2.17. The standard InChI is InChI=1S/C13H16N2O7S/c1-23(19,20)22-11-6-12(14-7-11)13(16)21-8-9-2-4-10(5-3-9)15(17)18/h2-5,11-12,14H,6-8H2,1H3/t11-,12?/m1/s1. The van der Waals surface area contributed by atoms with Crippen LogP contribution in [0.3, 0.4) is 0 Å². The molecule has 0 aromatic heterocycles. The van der Waals surface area contributed by atoms with Crippen LogP contribution in [0.1, 0.15) is 12.0 Å². The lowest BCUT2D eigenvalue weighted by molar-refractivity contribution is -0.384. The first-order valence-corrected chi connectivity index (χ1v) is 8.58. The van der Waals surface area contributed by atoms with Crippen LogP contribution < -0.4 is 5.32 Å². The maximum absolute atomic E-state index is 11.9. The normalized spacial score (nSPS) is 21.1. The highest BCUT2D eigenvalue weighted by molar-refractivity contribution is 7.86. The number of esters is 1. The molecule has 0 radical (unpaired) electrons. The van der Waals surface area contributed by atoms with Crippen LogP contribution in [0.5, 0.6) is 0 Å². The monoisotopic (exact) mass is 344 g/mol. The van der Waals surface area contributed by atoms with Gasteiger partial charge >= 0.3 is 5.97 Å². The van der Waals surface area contributed by atoms with E-state index < -0.39 is 33.2 Å². The van der Waals surface area contributed by atoms with Crippen LogP contribution in [0.15, 0.2) is 24.3 Å². The molecule has 0 amide bonds. The Morgan fingerprint density at radius 2 is 2.04 bits per heavy atom. The van der Waals surface area contributed by atoms with Crippen molar-refractivity contribution >= 4 is 21.8 Å². The van der Waals surface area contributed by atoms with Gasteiger partial charge in [0, 0.05) is 25.1 Å². The Kier molecular flexibility index (Phi) is 5.29. The number of nitrogens with one attached hydrogen (secondary N) is 1. The minimum atomic E-state index is -3.57. The Labute approximate surface area is 132 Å². The number of carbonyl (C=O) groups excluding carboxylic acids is 1. The zero-order chi connectivity index (χ0) is 17.0. The zero-order valence-corrected chi connectivity index (χ0v) is 13.1. The summed E-state index contributed by atoms with van der Waals surface area (Å²) in [5.74, 6) is -0.525. The van der Waals surface area contributed by atoms with Gasteiger partial charge in [0.2, 0.25) is 0 Å². The molecule has 1 saturated heterocycles. The van der Waals surface area contributed by atoms with E-state index in [1.165, 1.54) is 24.3 Å². The number of hydrogen-bond donors (Lipinski definition) is 1. The number of nitrogens with zero attached hydrogens (tertiary/aromatic N) is 1. The van der Waals surface area contributed by atoms with E-state index in [0.29, 0.717) is 5.56 Å². The van der Waals surface area contributed by atoms with Gasteiger partial charge in [-0.3, -0.25) is 19.1 Å². The first-order chi connectivity index (χ1) is 10.7. The molecule has 10 heteroatoms. The second-order valence-electron chi connectivity index (χ2n) is 5.15. The molecule has 0 aliphatic carbocycles. The number of ether oxygens (including phenoxy) is 1. The van der Waals surface area contributed by atoms with Crippen molar-refractivity contribution in [2.75, 3.05) is 12.8 Å². The van der Waals surface area contributed by atoms with Crippen LogP contribution in [0.25, 0.3) is 0 Å². The van der Waals surface area contributed by atoms with Crippen molar-refractivity contribution in [1.82, 2.24) is 5.32 Å². The lowest BCUT2D eigenvalue weighted by atomic mass is 10.2. The molecule has 1 unspecified atom stereocenters. The lowest BCUT2D eigenvalue weighted by Gasteiger charge is -2.10. The van der Waals surface area contributed by atoms with E-state index in [4.69, 9.17) is 8.92 Å². The quantitative estimate of drug-likeness (QED) is 0.339. The van der Waals surface area contributed by atoms with E-state index >= 15 is 0 Å². The Balaban J connectivity index is 1.82. The summed E-state index contributed by atoms with van der Waals surface area (Å²) in [6.45, 7) is 0.219. The number of hydrogen-bond acceptors (Lipinski definition) is 8. The van der Waals surface area contributed by atoms with E-state index in [1.54, 1.807) is 0 Å². The van der Waals surface area contributed by atoms with Crippen LogP contribution in [0.4, 0.5) is 5.69 Å².